The van der Waals surface area contributed by atoms with Crippen LogP contribution in [0.3, 0.4) is 0 Å². The van der Waals surface area contributed by atoms with Crippen LogP contribution in [-0.4, -0.2) is 33.5 Å². The lowest BCUT2D eigenvalue weighted by Gasteiger charge is -2.24. The molecule has 3 heterocycles. The summed E-state index contributed by atoms with van der Waals surface area (Å²) in [4.78, 5) is 16.7. The van der Waals surface area contributed by atoms with E-state index in [2.05, 4.69) is 25.9 Å². The molecule has 7 nitrogen and oxygen atoms in total. The van der Waals surface area contributed by atoms with Gasteiger partial charge < -0.3 is 5.32 Å². The Labute approximate surface area is 170 Å². The summed E-state index contributed by atoms with van der Waals surface area (Å²) in [7, 11) is 0. The molecule has 0 bridgehead atoms. The normalized spacial score (nSPS) is 19.7. The number of aromatic nitrogens is 2. The van der Waals surface area contributed by atoms with Gasteiger partial charge in [0.1, 0.15) is 23.5 Å². The Hall–Kier alpha value is -3.62. The topological polar surface area (TPSA) is 83.7 Å². The van der Waals surface area contributed by atoms with Gasteiger partial charge in [-0.05, 0) is 43.7 Å². The Balaban J connectivity index is 1.60. The van der Waals surface area contributed by atoms with Gasteiger partial charge in [-0.1, -0.05) is 18.2 Å². The predicted octanol–water partition coefficient (Wildman–Crippen LogP) is 2.55. The number of amidine groups is 1. The van der Waals surface area contributed by atoms with Crippen molar-refractivity contribution in [2.24, 2.45) is 15.5 Å². The van der Waals surface area contributed by atoms with Crippen molar-refractivity contribution in [1.82, 2.24) is 20.5 Å². The molecule has 1 unspecified atom stereocenters. The standard InChI is InChI=1S/C21H18F2N6O/c1-21(2)17-18(24-19(21)30)25-20(27-26-17)29-16-8-7-12(22)10-13(16)15(28-29)9-11-5-3-4-6-14(11)23/h3-8,10,17,26H,9H2,1-2H3,(H,24,25,27,30). The fourth-order valence-electron chi connectivity index (χ4n) is 3.74. The van der Waals surface area contributed by atoms with Gasteiger partial charge >= 0.3 is 0 Å². The smallest absolute Gasteiger partial charge is 0.269 e. The lowest BCUT2D eigenvalue weighted by Crippen LogP contribution is -2.45. The summed E-state index contributed by atoms with van der Waals surface area (Å²) < 4.78 is 29.6. The van der Waals surface area contributed by atoms with Crippen LogP contribution in [0, 0.1) is 17.0 Å². The summed E-state index contributed by atoms with van der Waals surface area (Å²) in [5.41, 5.74) is 3.80. The first kappa shape index (κ1) is 18.4. The average molecular weight is 408 g/mol. The van der Waals surface area contributed by atoms with Gasteiger partial charge in [-0.3, -0.25) is 10.2 Å². The Morgan fingerprint density at radius 3 is 2.77 bits per heavy atom. The van der Waals surface area contributed by atoms with Crippen LogP contribution in [0.5, 0.6) is 0 Å². The van der Waals surface area contributed by atoms with E-state index in [1.54, 1.807) is 24.3 Å². The number of nitrogens with zero attached hydrogens (tertiary/aromatic N) is 4. The van der Waals surface area contributed by atoms with Gasteiger partial charge in [0.05, 0.1) is 16.6 Å². The molecule has 1 saturated heterocycles. The molecule has 5 rings (SSSR count). The number of rotatable bonds is 2. The molecule has 152 valence electrons. The van der Waals surface area contributed by atoms with E-state index >= 15 is 0 Å². The predicted molar refractivity (Wildman–Crippen MR) is 108 cm³/mol. The summed E-state index contributed by atoms with van der Waals surface area (Å²) in [6.45, 7) is 3.61. The van der Waals surface area contributed by atoms with Crippen LogP contribution in [-0.2, 0) is 11.2 Å². The van der Waals surface area contributed by atoms with Crippen molar-refractivity contribution in [3.63, 3.8) is 0 Å². The molecule has 0 saturated carbocycles. The first-order valence-electron chi connectivity index (χ1n) is 9.49. The van der Waals surface area contributed by atoms with Gasteiger partial charge in [-0.2, -0.15) is 14.8 Å². The number of hydrogen-bond acceptors (Lipinski definition) is 5. The minimum atomic E-state index is -0.695. The van der Waals surface area contributed by atoms with E-state index in [4.69, 9.17) is 0 Å². The Morgan fingerprint density at radius 2 is 1.97 bits per heavy atom. The number of aliphatic imine (C=N–C) groups is 1. The zero-order valence-corrected chi connectivity index (χ0v) is 16.3. The van der Waals surface area contributed by atoms with Crippen molar-refractivity contribution in [2.45, 2.75) is 26.3 Å². The van der Waals surface area contributed by atoms with Crippen LogP contribution in [0.4, 0.5) is 8.78 Å². The summed E-state index contributed by atoms with van der Waals surface area (Å²) >= 11 is 0. The molecule has 1 aromatic heterocycles. The number of nitrogens with one attached hydrogen (secondary N) is 2. The highest BCUT2D eigenvalue weighted by atomic mass is 19.1. The van der Waals surface area contributed by atoms with Crippen molar-refractivity contribution in [2.75, 3.05) is 0 Å². The minimum absolute atomic E-state index is 0.150. The third kappa shape index (κ3) is 2.77. The highest BCUT2D eigenvalue weighted by Crippen LogP contribution is 2.29. The van der Waals surface area contributed by atoms with Gasteiger partial charge in [-0.15, -0.1) is 5.10 Å². The van der Waals surface area contributed by atoms with Crippen molar-refractivity contribution >= 4 is 28.6 Å². The molecule has 1 fully saturated rings. The number of halogens is 2. The fourth-order valence-corrected chi connectivity index (χ4v) is 3.74. The summed E-state index contributed by atoms with van der Waals surface area (Å²) in [5.74, 6) is -0.265. The van der Waals surface area contributed by atoms with Crippen LogP contribution in [0.25, 0.3) is 10.9 Å². The van der Waals surface area contributed by atoms with Gasteiger partial charge in [-0.25, -0.2) is 8.78 Å². The van der Waals surface area contributed by atoms with Gasteiger partial charge in [0, 0.05) is 11.8 Å². The molecule has 2 N–H and O–H groups in total. The third-order valence-electron chi connectivity index (χ3n) is 5.56. The Morgan fingerprint density at radius 1 is 1.17 bits per heavy atom. The van der Waals surface area contributed by atoms with E-state index in [9.17, 15) is 13.6 Å². The molecule has 9 heteroatoms. The molecule has 0 spiro atoms. The summed E-state index contributed by atoms with van der Waals surface area (Å²) in [6.07, 6.45) is 0.184. The maximum Gasteiger partial charge on any atom is 0.269 e. The number of carbonyl (C=O) groups excluding carboxylic acids is 1. The largest absolute Gasteiger partial charge is 0.312 e. The van der Waals surface area contributed by atoms with Crippen LogP contribution < -0.4 is 10.7 Å². The highest BCUT2D eigenvalue weighted by Gasteiger charge is 2.48. The van der Waals surface area contributed by atoms with Crippen molar-refractivity contribution < 1.29 is 13.6 Å². The number of fused-ring (bicyclic) bond motifs is 2. The van der Waals surface area contributed by atoms with E-state index < -0.39 is 11.2 Å². The molecule has 2 aromatic carbocycles. The maximum atomic E-state index is 14.2. The zero-order valence-electron chi connectivity index (χ0n) is 16.3. The van der Waals surface area contributed by atoms with Crippen molar-refractivity contribution in [1.29, 1.82) is 0 Å². The Kier molecular flexibility index (Phi) is 3.96. The van der Waals surface area contributed by atoms with Crippen molar-refractivity contribution in [3.8, 4) is 0 Å². The van der Waals surface area contributed by atoms with E-state index in [1.807, 2.05) is 13.8 Å². The molecule has 30 heavy (non-hydrogen) atoms. The molecular weight excluding hydrogens is 390 g/mol. The summed E-state index contributed by atoms with van der Waals surface area (Å²) in [6, 6.07) is 10.3. The minimum Gasteiger partial charge on any atom is -0.312 e. The maximum absolute atomic E-state index is 14.2. The third-order valence-corrected chi connectivity index (χ3v) is 5.56. The van der Waals surface area contributed by atoms with Crippen LogP contribution in [0.2, 0.25) is 0 Å². The first-order chi connectivity index (χ1) is 14.3. The second-order valence-electron chi connectivity index (χ2n) is 7.93. The molecule has 2 aliphatic rings. The van der Waals surface area contributed by atoms with Crippen LogP contribution >= 0.6 is 0 Å². The molecule has 0 aliphatic carbocycles. The highest BCUT2D eigenvalue weighted by molar-refractivity contribution is 6.16. The van der Waals surface area contributed by atoms with Crippen molar-refractivity contribution in [3.05, 3.63) is 65.4 Å². The molecule has 1 amide bonds. The van der Waals surface area contributed by atoms with E-state index in [-0.39, 0.29) is 30.1 Å². The second-order valence-corrected chi connectivity index (χ2v) is 7.93. The fraction of sp³-hybridized carbons (Fsp3) is 0.238. The first-order valence-corrected chi connectivity index (χ1v) is 9.49. The molecular formula is C21H18F2N6O. The lowest BCUT2D eigenvalue weighted by atomic mass is 9.87. The SMILES string of the molecule is CC1(C)C(=O)NC2=NC(n3nc(Cc4ccccc4F)c4cc(F)ccc43)=NNC21. The number of hydrogen-bond donors (Lipinski definition) is 2. The van der Waals surface area contributed by atoms with Gasteiger partial charge in [0.25, 0.3) is 5.96 Å². The number of carbonyl (C=O) groups is 1. The average Bonchev–Trinajstić information content (AvgIpc) is 3.17. The number of amides is 1. The van der Waals surface area contributed by atoms with E-state index in [1.165, 1.54) is 22.9 Å². The number of hydrazone groups is 1. The Bertz CT molecular complexity index is 1260. The molecule has 1 atom stereocenters. The van der Waals surface area contributed by atoms with E-state index in [0.717, 1.165) is 0 Å². The van der Waals surface area contributed by atoms with E-state index in [0.29, 0.717) is 28.0 Å². The van der Waals surface area contributed by atoms with Crippen LogP contribution in [0.15, 0.2) is 52.6 Å². The monoisotopic (exact) mass is 408 g/mol. The lowest BCUT2D eigenvalue weighted by molar-refractivity contribution is -0.126. The molecule has 0 radical (unpaired) electrons. The zero-order chi connectivity index (χ0) is 21.0. The second kappa shape index (κ2) is 6.45. The summed E-state index contributed by atoms with van der Waals surface area (Å²) in [5, 5.41) is 12.2. The molecule has 2 aliphatic heterocycles. The molecule has 3 aromatic rings. The van der Waals surface area contributed by atoms with Gasteiger partial charge in [0.15, 0.2) is 0 Å². The quantitative estimate of drug-likeness (QED) is 0.684. The van der Waals surface area contributed by atoms with Crippen LogP contribution in [0.1, 0.15) is 25.1 Å². The number of benzene rings is 2. The van der Waals surface area contributed by atoms with Gasteiger partial charge in [0.2, 0.25) is 5.91 Å².